The van der Waals surface area contributed by atoms with E-state index >= 15 is 0 Å². The van der Waals surface area contributed by atoms with Crippen molar-refractivity contribution in [3.63, 3.8) is 0 Å². The first-order valence-electron chi connectivity index (χ1n) is 8.59. The zero-order valence-corrected chi connectivity index (χ0v) is 19.9. The number of thiophene rings is 1. The van der Waals surface area contributed by atoms with Gasteiger partial charge in [0, 0.05) is 51.2 Å². The molecule has 0 radical (unpaired) electrons. The largest absolute Gasteiger partial charge is 0.352 e. The summed E-state index contributed by atoms with van der Waals surface area (Å²) in [6, 6.07) is 14.1. The molecule has 2 aromatic rings. The lowest BCUT2D eigenvalue weighted by Gasteiger charge is -2.36. The van der Waals surface area contributed by atoms with Gasteiger partial charge in [-0.1, -0.05) is 12.1 Å². The van der Waals surface area contributed by atoms with Crippen LogP contribution in [0, 0.1) is 11.3 Å². The summed E-state index contributed by atoms with van der Waals surface area (Å²) in [6.45, 7) is 5.74. The maximum Gasteiger partial charge on any atom is 0.194 e. The van der Waals surface area contributed by atoms with Gasteiger partial charge in [-0.25, -0.2) is 0 Å². The van der Waals surface area contributed by atoms with Crippen molar-refractivity contribution in [2.75, 3.05) is 33.2 Å². The first-order chi connectivity index (χ1) is 12.7. The lowest BCUT2D eigenvalue weighted by atomic mass is 10.1. The normalized spacial score (nSPS) is 15.1. The fraction of sp³-hybridized carbons (Fsp3) is 0.368. The second-order valence-corrected chi connectivity index (χ2v) is 8.73. The summed E-state index contributed by atoms with van der Waals surface area (Å²) >= 11 is 5.34. The Kier molecular flexibility index (Phi) is 9.02. The molecule has 2 heterocycles. The van der Waals surface area contributed by atoms with Gasteiger partial charge < -0.3 is 10.2 Å². The first kappa shape index (κ1) is 22.1. The number of piperazine rings is 1. The predicted molar refractivity (Wildman–Crippen MR) is 126 cm³/mol. The summed E-state index contributed by atoms with van der Waals surface area (Å²) in [4.78, 5) is 10.6. The van der Waals surface area contributed by atoms with Gasteiger partial charge in [-0.3, -0.25) is 9.89 Å². The van der Waals surface area contributed by atoms with Crippen LogP contribution in [0.2, 0.25) is 0 Å². The van der Waals surface area contributed by atoms with Crippen LogP contribution in [-0.2, 0) is 13.1 Å². The molecule has 1 aliphatic heterocycles. The molecule has 8 heteroatoms. The zero-order valence-electron chi connectivity index (χ0n) is 15.2. The second-order valence-electron chi connectivity index (χ2n) is 6.18. The highest BCUT2D eigenvalue weighted by Crippen LogP contribution is 2.23. The van der Waals surface area contributed by atoms with Gasteiger partial charge in [-0.15, -0.1) is 35.3 Å². The molecular formula is C19H23BrIN5S. The van der Waals surface area contributed by atoms with E-state index in [0.29, 0.717) is 12.1 Å². The maximum atomic E-state index is 8.87. The molecule has 1 aromatic carbocycles. The van der Waals surface area contributed by atoms with E-state index in [0.717, 1.165) is 44.2 Å². The van der Waals surface area contributed by atoms with Crippen molar-refractivity contribution < 1.29 is 0 Å². The predicted octanol–water partition coefficient (Wildman–Crippen LogP) is 3.89. The van der Waals surface area contributed by atoms with Crippen LogP contribution in [0.4, 0.5) is 0 Å². The number of nitrogens with one attached hydrogen (secondary N) is 1. The van der Waals surface area contributed by atoms with E-state index in [9.17, 15) is 0 Å². The Morgan fingerprint density at radius 1 is 1.19 bits per heavy atom. The standard InChI is InChI=1S/C19H22BrN5S.HI/c1-22-19(23-13-16-4-2-15(12-21)3-5-16)25-10-8-24(9-11-25)14-17-6-7-18(20)26-17;/h2-7H,8-11,13-14H2,1H3,(H,22,23);1H. The second kappa shape index (κ2) is 11.0. The summed E-state index contributed by atoms with van der Waals surface area (Å²) in [7, 11) is 1.83. The lowest BCUT2D eigenvalue weighted by Crippen LogP contribution is -2.51. The van der Waals surface area contributed by atoms with Crippen LogP contribution < -0.4 is 5.32 Å². The number of aliphatic imine (C=N–C) groups is 1. The van der Waals surface area contributed by atoms with Gasteiger partial charge in [0.25, 0.3) is 0 Å². The number of hydrogen-bond donors (Lipinski definition) is 1. The van der Waals surface area contributed by atoms with Crippen molar-refractivity contribution in [1.29, 1.82) is 5.26 Å². The van der Waals surface area contributed by atoms with Gasteiger partial charge >= 0.3 is 0 Å². The van der Waals surface area contributed by atoms with E-state index in [4.69, 9.17) is 5.26 Å². The Hall–Kier alpha value is -1.15. The first-order valence-corrected chi connectivity index (χ1v) is 10.2. The highest BCUT2D eigenvalue weighted by molar-refractivity contribution is 14.0. The van der Waals surface area contributed by atoms with Gasteiger partial charge in [-0.2, -0.15) is 5.26 Å². The van der Waals surface area contributed by atoms with Gasteiger partial charge in [0.15, 0.2) is 5.96 Å². The molecular weight excluding hydrogens is 537 g/mol. The van der Waals surface area contributed by atoms with Crippen LogP contribution in [0.5, 0.6) is 0 Å². The van der Waals surface area contributed by atoms with Crippen molar-refractivity contribution in [1.82, 2.24) is 15.1 Å². The average molecular weight is 560 g/mol. The molecule has 5 nitrogen and oxygen atoms in total. The number of rotatable bonds is 4. The van der Waals surface area contributed by atoms with Gasteiger partial charge in [0.1, 0.15) is 0 Å². The van der Waals surface area contributed by atoms with Crippen molar-refractivity contribution in [2.24, 2.45) is 4.99 Å². The van der Waals surface area contributed by atoms with Gasteiger partial charge in [-0.05, 0) is 45.8 Å². The minimum absolute atomic E-state index is 0. The van der Waals surface area contributed by atoms with Crippen LogP contribution in [0.3, 0.4) is 0 Å². The number of nitriles is 1. The number of hydrogen-bond acceptors (Lipinski definition) is 4. The summed E-state index contributed by atoms with van der Waals surface area (Å²) in [5.41, 5.74) is 1.83. The Bertz CT molecular complexity index is 791. The number of benzene rings is 1. The summed E-state index contributed by atoms with van der Waals surface area (Å²) in [5.74, 6) is 0.938. The Morgan fingerprint density at radius 2 is 1.89 bits per heavy atom. The van der Waals surface area contributed by atoms with Gasteiger partial charge in [0.2, 0.25) is 0 Å². The lowest BCUT2D eigenvalue weighted by molar-refractivity contribution is 0.173. The molecule has 0 spiro atoms. The molecule has 0 amide bonds. The Balaban J connectivity index is 0.00000261. The molecule has 0 atom stereocenters. The zero-order chi connectivity index (χ0) is 18.4. The minimum Gasteiger partial charge on any atom is -0.352 e. The molecule has 0 aliphatic carbocycles. The van der Waals surface area contributed by atoms with Crippen molar-refractivity contribution in [3.8, 4) is 6.07 Å². The van der Waals surface area contributed by atoms with E-state index in [1.54, 1.807) is 11.3 Å². The van der Waals surface area contributed by atoms with E-state index in [1.807, 2.05) is 31.3 Å². The molecule has 0 unspecified atom stereocenters. The molecule has 1 fully saturated rings. The topological polar surface area (TPSA) is 54.7 Å². The van der Waals surface area contributed by atoms with Crippen LogP contribution in [0.15, 0.2) is 45.2 Å². The van der Waals surface area contributed by atoms with Crippen LogP contribution in [-0.4, -0.2) is 49.0 Å². The fourth-order valence-electron chi connectivity index (χ4n) is 2.99. The quantitative estimate of drug-likeness (QED) is 0.351. The van der Waals surface area contributed by atoms with Crippen molar-refractivity contribution in [2.45, 2.75) is 13.1 Å². The van der Waals surface area contributed by atoms with Gasteiger partial charge in [0.05, 0.1) is 15.4 Å². The van der Waals surface area contributed by atoms with Crippen molar-refractivity contribution >= 4 is 57.2 Å². The molecule has 0 bridgehead atoms. The minimum atomic E-state index is 0. The Morgan fingerprint density at radius 3 is 2.44 bits per heavy atom. The van der Waals surface area contributed by atoms with Crippen LogP contribution >= 0.6 is 51.2 Å². The molecule has 1 aliphatic rings. The fourth-order valence-corrected chi connectivity index (χ4v) is 4.51. The van der Waals surface area contributed by atoms with E-state index in [2.05, 4.69) is 54.2 Å². The van der Waals surface area contributed by atoms with Crippen LogP contribution in [0.1, 0.15) is 16.0 Å². The number of guanidine groups is 1. The van der Waals surface area contributed by atoms with Crippen LogP contribution in [0.25, 0.3) is 0 Å². The smallest absolute Gasteiger partial charge is 0.194 e. The molecule has 1 saturated heterocycles. The molecule has 1 aromatic heterocycles. The third-order valence-corrected chi connectivity index (χ3v) is 6.03. The number of nitrogens with zero attached hydrogens (tertiary/aromatic N) is 4. The van der Waals surface area contributed by atoms with E-state index in [1.165, 1.54) is 8.66 Å². The maximum absolute atomic E-state index is 8.87. The molecule has 144 valence electrons. The molecule has 27 heavy (non-hydrogen) atoms. The highest BCUT2D eigenvalue weighted by Gasteiger charge is 2.20. The van der Waals surface area contributed by atoms with E-state index < -0.39 is 0 Å². The molecule has 0 saturated carbocycles. The molecule has 3 rings (SSSR count). The SMILES string of the molecule is CN=C(NCc1ccc(C#N)cc1)N1CCN(Cc2ccc(Br)s2)CC1.I. The average Bonchev–Trinajstić information content (AvgIpc) is 3.08. The molecule has 1 N–H and O–H groups in total. The van der Waals surface area contributed by atoms with Crippen molar-refractivity contribution in [3.05, 3.63) is 56.2 Å². The summed E-state index contributed by atoms with van der Waals surface area (Å²) < 4.78 is 1.19. The Labute approximate surface area is 190 Å². The third-order valence-electron chi connectivity index (χ3n) is 4.43. The monoisotopic (exact) mass is 559 g/mol. The summed E-state index contributed by atoms with van der Waals surface area (Å²) in [6.07, 6.45) is 0. The highest BCUT2D eigenvalue weighted by atomic mass is 127. The number of halogens is 2. The third kappa shape index (κ3) is 6.45. The van der Waals surface area contributed by atoms with E-state index in [-0.39, 0.29) is 24.0 Å². The summed E-state index contributed by atoms with van der Waals surface area (Å²) in [5, 5.41) is 12.3.